The average molecular weight is 339 g/mol. The van der Waals surface area contributed by atoms with E-state index in [1.54, 1.807) is 26.4 Å². The van der Waals surface area contributed by atoms with Crippen molar-refractivity contribution < 1.29 is 9.47 Å². The van der Waals surface area contributed by atoms with Gasteiger partial charge in [0.05, 0.1) is 14.2 Å². The summed E-state index contributed by atoms with van der Waals surface area (Å²) >= 11 is 0. The van der Waals surface area contributed by atoms with Gasteiger partial charge in [0.25, 0.3) is 0 Å². The average Bonchev–Trinajstić information content (AvgIpc) is 3.08. The topological polar surface area (TPSA) is 83.3 Å². The van der Waals surface area contributed by atoms with Crippen molar-refractivity contribution in [1.29, 1.82) is 5.26 Å². The Hall–Kier alpha value is -2.85. The number of rotatable bonds is 6. The van der Waals surface area contributed by atoms with Gasteiger partial charge < -0.3 is 14.8 Å². The molecule has 1 atom stereocenters. The summed E-state index contributed by atoms with van der Waals surface area (Å²) in [6, 6.07) is 11.7. The van der Waals surface area contributed by atoms with Crippen molar-refractivity contribution in [2.45, 2.75) is 19.0 Å². The minimum Gasteiger partial charge on any atom is -0.497 e. The fraction of sp³-hybridized carbons (Fsp3) is 0.389. The number of nitriles is 1. The van der Waals surface area contributed by atoms with Crippen molar-refractivity contribution >= 4 is 5.82 Å². The molecular formula is C18H21N5O2. The Labute approximate surface area is 147 Å². The lowest BCUT2D eigenvalue weighted by Gasteiger charge is -2.18. The summed E-state index contributed by atoms with van der Waals surface area (Å²) in [7, 11) is 3.32. The monoisotopic (exact) mass is 339 g/mol. The summed E-state index contributed by atoms with van der Waals surface area (Å²) < 4.78 is 10.7. The number of likely N-dealkylation sites (tertiary alicyclic amines) is 1. The minimum atomic E-state index is 0.315. The maximum absolute atomic E-state index is 8.76. The molecule has 1 N–H and O–H groups in total. The van der Waals surface area contributed by atoms with E-state index >= 15 is 0 Å². The van der Waals surface area contributed by atoms with Crippen LogP contribution in [0.15, 0.2) is 30.3 Å². The first-order chi connectivity index (χ1) is 12.2. The number of benzene rings is 1. The second-order valence-corrected chi connectivity index (χ2v) is 6.00. The Morgan fingerprint density at radius 2 is 1.96 bits per heavy atom. The Morgan fingerprint density at radius 1 is 1.20 bits per heavy atom. The highest BCUT2D eigenvalue weighted by molar-refractivity contribution is 5.39. The van der Waals surface area contributed by atoms with Crippen LogP contribution in [0.4, 0.5) is 5.82 Å². The summed E-state index contributed by atoms with van der Waals surface area (Å²) in [4.78, 5) is 2.38. The van der Waals surface area contributed by atoms with Crippen LogP contribution in [0.5, 0.6) is 11.5 Å². The molecule has 0 saturated carbocycles. The Kier molecular flexibility index (Phi) is 5.31. The highest BCUT2D eigenvalue weighted by atomic mass is 16.5. The van der Waals surface area contributed by atoms with Crippen molar-refractivity contribution in [3.8, 4) is 17.6 Å². The molecule has 1 aromatic carbocycles. The molecule has 1 unspecified atom stereocenters. The summed E-state index contributed by atoms with van der Waals surface area (Å²) in [6.07, 6.45) is 1.03. The highest BCUT2D eigenvalue weighted by Gasteiger charge is 2.23. The van der Waals surface area contributed by atoms with Gasteiger partial charge in [-0.1, -0.05) is 0 Å². The van der Waals surface area contributed by atoms with Crippen LogP contribution in [0, 0.1) is 11.3 Å². The van der Waals surface area contributed by atoms with Crippen molar-refractivity contribution in [1.82, 2.24) is 15.1 Å². The fourth-order valence-electron chi connectivity index (χ4n) is 2.99. The van der Waals surface area contributed by atoms with Crippen molar-refractivity contribution in [3.05, 3.63) is 41.6 Å². The van der Waals surface area contributed by atoms with Crippen molar-refractivity contribution in [2.24, 2.45) is 0 Å². The standard InChI is InChI=1S/C18H21N5O2/c1-24-16-7-13(8-17(9-16)25-2)11-23-6-5-15(12-23)20-18-4-3-14(10-19)21-22-18/h3-4,7-9,15H,5-6,11-12H2,1-2H3,(H,20,22). The lowest BCUT2D eigenvalue weighted by molar-refractivity contribution is 0.326. The first-order valence-corrected chi connectivity index (χ1v) is 8.15. The number of aromatic nitrogens is 2. The third kappa shape index (κ3) is 4.37. The SMILES string of the molecule is COc1cc(CN2CCC(Nc3ccc(C#N)nn3)C2)cc(OC)c1. The van der Waals surface area contributed by atoms with Gasteiger partial charge in [-0.05, 0) is 36.2 Å². The van der Waals surface area contributed by atoms with Crippen molar-refractivity contribution in [2.75, 3.05) is 32.6 Å². The molecule has 3 rings (SSSR count). The second-order valence-electron chi connectivity index (χ2n) is 6.00. The van der Waals surface area contributed by atoms with E-state index < -0.39 is 0 Å². The molecule has 25 heavy (non-hydrogen) atoms. The van der Waals surface area contributed by atoms with E-state index in [4.69, 9.17) is 14.7 Å². The van der Waals surface area contributed by atoms with E-state index in [-0.39, 0.29) is 0 Å². The van der Waals surface area contributed by atoms with Crippen LogP contribution in [0.25, 0.3) is 0 Å². The smallest absolute Gasteiger partial charge is 0.163 e. The molecule has 1 fully saturated rings. The fourth-order valence-corrected chi connectivity index (χ4v) is 2.99. The van der Waals surface area contributed by atoms with Gasteiger partial charge in [-0.25, -0.2) is 0 Å². The summed E-state index contributed by atoms with van der Waals surface area (Å²) in [5.74, 6) is 2.31. The molecule has 0 aliphatic carbocycles. The number of nitrogens with one attached hydrogen (secondary N) is 1. The van der Waals surface area contributed by atoms with Crippen LogP contribution in [0.3, 0.4) is 0 Å². The lowest BCUT2D eigenvalue weighted by Crippen LogP contribution is -2.26. The molecule has 130 valence electrons. The number of ether oxygens (including phenoxy) is 2. The van der Waals surface area contributed by atoms with Gasteiger partial charge in [0.15, 0.2) is 5.69 Å². The van der Waals surface area contributed by atoms with E-state index in [1.807, 2.05) is 24.3 Å². The summed E-state index contributed by atoms with van der Waals surface area (Å²) in [5, 5.41) is 20.0. The molecule has 7 heteroatoms. The quantitative estimate of drug-likeness (QED) is 0.862. The van der Waals surface area contributed by atoms with E-state index in [9.17, 15) is 0 Å². The Balaban J connectivity index is 1.58. The third-order valence-corrected chi connectivity index (χ3v) is 4.22. The maximum atomic E-state index is 8.76. The number of hydrogen-bond donors (Lipinski definition) is 1. The van der Waals surface area contributed by atoms with Crippen LogP contribution >= 0.6 is 0 Å². The summed E-state index contributed by atoms with van der Waals surface area (Å²) in [5.41, 5.74) is 1.49. The molecule has 1 aliphatic heterocycles. The van der Waals surface area contributed by atoms with Crippen LogP contribution < -0.4 is 14.8 Å². The number of hydrogen-bond acceptors (Lipinski definition) is 7. The van der Waals surface area contributed by atoms with E-state index in [0.717, 1.165) is 43.1 Å². The number of methoxy groups -OCH3 is 2. The normalized spacial score (nSPS) is 17.1. The third-order valence-electron chi connectivity index (χ3n) is 4.22. The van der Waals surface area contributed by atoms with Gasteiger partial charge in [0.2, 0.25) is 0 Å². The van der Waals surface area contributed by atoms with Gasteiger partial charge in [-0.15, -0.1) is 10.2 Å². The Bertz CT molecular complexity index is 735. The molecule has 7 nitrogen and oxygen atoms in total. The van der Waals surface area contributed by atoms with Gasteiger partial charge in [0.1, 0.15) is 23.4 Å². The first kappa shape index (κ1) is 17.0. The lowest BCUT2D eigenvalue weighted by atomic mass is 10.2. The zero-order valence-electron chi connectivity index (χ0n) is 14.4. The van der Waals surface area contributed by atoms with Gasteiger partial charge >= 0.3 is 0 Å². The van der Waals surface area contributed by atoms with Crippen LogP contribution in [-0.4, -0.2) is 48.4 Å². The van der Waals surface area contributed by atoms with Crippen LogP contribution in [0.2, 0.25) is 0 Å². The maximum Gasteiger partial charge on any atom is 0.163 e. The second kappa shape index (κ2) is 7.81. The molecule has 2 heterocycles. The van der Waals surface area contributed by atoms with Gasteiger partial charge in [-0.3, -0.25) is 4.90 Å². The molecule has 1 aliphatic rings. The molecule has 1 saturated heterocycles. The van der Waals surface area contributed by atoms with Crippen LogP contribution in [-0.2, 0) is 6.54 Å². The van der Waals surface area contributed by atoms with Gasteiger partial charge in [-0.2, -0.15) is 5.26 Å². The number of nitrogens with zero attached hydrogens (tertiary/aromatic N) is 4. The minimum absolute atomic E-state index is 0.315. The molecular weight excluding hydrogens is 318 g/mol. The van der Waals surface area contributed by atoms with E-state index in [2.05, 4.69) is 20.4 Å². The predicted octanol–water partition coefficient (Wildman–Crippen LogP) is 2.05. The zero-order chi connectivity index (χ0) is 17.6. The molecule has 0 bridgehead atoms. The molecule has 0 radical (unpaired) electrons. The largest absolute Gasteiger partial charge is 0.497 e. The van der Waals surface area contributed by atoms with Crippen LogP contribution in [0.1, 0.15) is 17.7 Å². The van der Waals surface area contributed by atoms with E-state index in [0.29, 0.717) is 17.6 Å². The molecule has 0 amide bonds. The van der Waals surface area contributed by atoms with Gasteiger partial charge in [0, 0.05) is 31.7 Å². The summed E-state index contributed by atoms with van der Waals surface area (Å²) in [6.45, 7) is 2.76. The van der Waals surface area contributed by atoms with E-state index in [1.165, 1.54) is 0 Å². The molecule has 1 aromatic heterocycles. The molecule has 2 aromatic rings. The zero-order valence-corrected chi connectivity index (χ0v) is 14.4. The number of anilines is 1. The Morgan fingerprint density at radius 3 is 2.56 bits per heavy atom. The first-order valence-electron chi connectivity index (χ1n) is 8.15. The predicted molar refractivity (Wildman–Crippen MR) is 93.6 cm³/mol. The van der Waals surface area contributed by atoms with Crippen molar-refractivity contribution in [3.63, 3.8) is 0 Å². The highest BCUT2D eigenvalue weighted by Crippen LogP contribution is 2.25. The molecule has 0 spiro atoms.